The Bertz CT molecular complexity index is 550. The molecule has 0 bridgehead atoms. The van der Waals surface area contributed by atoms with Crippen molar-refractivity contribution >= 4 is 11.6 Å². The molecule has 0 aliphatic rings. The Kier molecular flexibility index (Phi) is 4.58. The molecule has 19 heavy (non-hydrogen) atoms. The fourth-order valence-electron chi connectivity index (χ4n) is 2.24. The zero-order valence-electron chi connectivity index (χ0n) is 11.2. The lowest BCUT2D eigenvalue weighted by molar-refractivity contribution is 0.544. The van der Waals surface area contributed by atoms with Crippen molar-refractivity contribution in [1.29, 1.82) is 0 Å². The van der Waals surface area contributed by atoms with Crippen LogP contribution in [0.25, 0.3) is 0 Å². The second kappa shape index (κ2) is 6.19. The summed E-state index contributed by atoms with van der Waals surface area (Å²) >= 11 is 6.08. The topological polar surface area (TPSA) is 55.9 Å². The standard InChI is InChI=1S/C14H19ClN4/c1-3-7-19-8-6-17-14(19)13(18-16)12-9-11(15)5-4-10(12)2/h4-6,8-9,13,18H,3,7,16H2,1-2H3. The molecule has 4 nitrogen and oxygen atoms in total. The average Bonchev–Trinajstić information content (AvgIpc) is 2.83. The third-order valence-electron chi connectivity index (χ3n) is 3.19. The van der Waals surface area contributed by atoms with Crippen LogP contribution >= 0.6 is 11.6 Å². The molecule has 2 aromatic rings. The quantitative estimate of drug-likeness (QED) is 0.653. The van der Waals surface area contributed by atoms with Crippen molar-refractivity contribution in [3.8, 4) is 0 Å². The number of imidazole rings is 1. The molecule has 0 aliphatic heterocycles. The van der Waals surface area contributed by atoms with Crippen LogP contribution in [0, 0.1) is 6.92 Å². The summed E-state index contributed by atoms with van der Waals surface area (Å²) in [5.41, 5.74) is 5.04. The van der Waals surface area contributed by atoms with Crippen LogP contribution in [0.4, 0.5) is 0 Å². The summed E-state index contributed by atoms with van der Waals surface area (Å²) in [6, 6.07) is 5.66. The maximum atomic E-state index is 6.08. The Morgan fingerprint density at radius 3 is 2.95 bits per heavy atom. The highest BCUT2D eigenvalue weighted by Gasteiger charge is 2.19. The van der Waals surface area contributed by atoms with Crippen molar-refractivity contribution < 1.29 is 0 Å². The summed E-state index contributed by atoms with van der Waals surface area (Å²) < 4.78 is 2.12. The normalized spacial score (nSPS) is 12.6. The van der Waals surface area contributed by atoms with E-state index in [2.05, 4.69) is 21.9 Å². The summed E-state index contributed by atoms with van der Waals surface area (Å²) in [7, 11) is 0. The van der Waals surface area contributed by atoms with Gasteiger partial charge in [0.15, 0.2) is 0 Å². The number of aryl methyl sites for hydroxylation is 2. The summed E-state index contributed by atoms with van der Waals surface area (Å²) in [6.07, 6.45) is 4.83. The number of hydrogen-bond acceptors (Lipinski definition) is 3. The number of halogens is 1. The lowest BCUT2D eigenvalue weighted by Gasteiger charge is -2.19. The van der Waals surface area contributed by atoms with Crippen LogP contribution in [-0.2, 0) is 6.54 Å². The van der Waals surface area contributed by atoms with Gasteiger partial charge < -0.3 is 4.57 Å². The second-order valence-electron chi connectivity index (χ2n) is 4.58. The molecule has 1 atom stereocenters. The monoisotopic (exact) mass is 278 g/mol. The fraction of sp³-hybridized carbons (Fsp3) is 0.357. The van der Waals surface area contributed by atoms with Gasteiger partial charge in [-0.3, -0.25) is 5.84 Å². The van der Waals surface area contributed by atoms with E-state index in [0.717, 1.165) is 29.9 Å². The first kappa shape index (κ1) is 14.1. The predicted molar refractivity (Wildman–Crippen MR) is 77.9 cm³/mol. The minimum atomic E-state index is -0.153. The van der Waals surface area contributed by atoms with Gasteiger partial charge in [-0.1, -0.05) is 24.6 Å². The summed E-state index contributed by atoms with van der Waals surface area (Å²) in [5, 5.41) is 0.703. The molecule has 0 fully saturated rings. The van der Waals surface area contributed by atoms with Gasteiger partial charge in [-0.2, -0.15) is 0 Å². The van der Waals surface area contributed by atoms with Gasteiger partial charge in [-0.15, -0.1) is 0 Å². The van der Waals surface area contributed by atoms with Crippen molar-refractivity contribution in [2.24, 2.45) is 5.84 Å². The Labute approximate surface area is 118 Å². The minimum Gasteiger partial charge on any atom is -0.333 e. The Hall–Kier alpha value is -1.36. The van der Waals surface area contributed by atoms with E-state index in [0.29, 0.717) is 5.02 Å². The minimum absolute atomic E-state index is 0.153. The van der Waals surface area contributed by atoms with Crippen molar-refractivity contribution in [2.75, 3.05) is 0 Å². The first-order valence-corrected chi connectivity index (χ1v) is 6.78. The molecule has 0 spiro atoms. The van der Waals surface area contributed by atoms with Crippen LogP contribution in [-0.4, -0.2) is 9.55 Å². The smallest absolute Gasteiger partial charge is 0.131 e. The average molecular weight is 279 g/mol. The van der Waals surface area contributed by atoms with Crippen molar-refractivity contribution in [3.05, 3.63) is 52.6 Å². The van der Waals surface area contributed by atoms with Gasteiger partial charge in [-0.05, 0) is 36.6 Å². The number of aromatic nitrogens is 2. The summed E-state index contributed by atoms with van der Waals surface area (Å²) in [6.45, 7) is 5.11. The van der Waals surface area contributed by atoms with E-state index in [1.807, 2.05) is 31.3 Å². The molecule has 1 unspecified atom stereocenters. The maximum Gasteiger partial charge on any atom is 0.131 e. The van der Waals surface area contributed by atoms with E-state index in [-0.39, 0.29) is 6.04 Å². The molecule has 0 radical (unpaired) electrons. The van der Waals surface area contributed by atoms with Crippen LogP contribution in [0.5, 0.6) is 0 Å². The number of nitrogens with zero attached hydrogens (tertiary/aromatic N) is 2. The number of rotatable bonds is 5. The second-order valence-corrected chi connectivity index (χ2v) is 5.02. The predicted octanol–water partition coefficient (Wildman–Crippen LogP) is 2.81. The molecule has 0 saturated heterocycles. The van der Waals surface area contributed by atoms with E-state index < -0.39 is 0 Å². The number of benzene rings is 1. The Morgan fingerprint density at radius 1 is 1.47 bits per heavy atom. The van der Waals surface area contributed by atoms with E-state index in [9.17, 15) is 0 Å². The number of hydrogen-bond donors (Lipinski definition) is 2. The number of nitrogens with one attached hydrogen (secondary N) is 1. The van der Waals surface area contributed by atoms with Gasteiger partial charge in [0.1, 0.15) is 11.9 Å². The van der Waals surface area contributed by atoms with E-state index >= 15 is 0 Å². The van der Waals surface area contributed by atoms with Crippen LogP contribution in [0.15, 0.2) is 30.6 Å². The zero-order chi connectivity index (χ0) is 13.8. The Balaban J connectivity index is 2.44. The Morgan fingerprint density at radius 2 is 2.26 bits per heavy atom. The summed E-state index contributed by atoms with van der Waals surface area (Å²) in [4.78, 5) is 4.43. The van der Waals surface area contributed by atoms with Gasteiger partial charge >= 0.3 is 0 Å². The van der Waals surface area contributed by atoms with Crippen LogP contribution < -0.4 is 11.3 Å². The third-order valence-corrected chi connectivity index (χ3v) is 3.42. The molecule has 1 aromatic heterocycles. The van der Waals surface area contributed by atoms with E-state index in [1.165, 1.54) is 0 Å². The molecular weight excluding hydrogens is 260 g/mol. The van der Waals surface area contributed by atoms with Crippen molar-refractivity contribution in [3.63, 3.8) is 0 Å². The van der Waals surface area contributed by atoms with Gasteiger partial charge in [0.25, 0.3) is 0 Å². The molecular formula is C14H19ClN4. The lowest BCUT2D eigenvalue weighted by atomic mass is 10.0. The van der Waals surface area contributed by atoms with Gasteiger partial charge in [0, 0.05) is 24.0 Å². The van der Waals surface area contributed by atoms with Crippen molar-refractivity contribution in [2.45, 2.75) is 32.9 Å². The van der Waals surface area contributed by atoms with Crippen molar-refractivity contribution in [1.82, 2.24) is 15.0 Å². The van der Waals surface area contributed by atoms with Gasteiger partial charge in [0.2, 0.25) is 0 Å². The highest BCUT2D eigenvalue weighted by molar-refractivity contribution is 6.30. The van der Waals surface area contributed by atoms with Crippen LogP contribution in [0.2, 0.25) is 5.02 Å². The number of hydrazine groups is 1. The first-order valence-electron chi connectivity index (χ1n) is 6.40. The molecule has 1 aromatic carbocycles. The van der Waals surface area contributed by atoms with Gasteiger partial charge in [0.05, 0.1) is 0 Å². The molecule has 1 heterocycles. The lowest BCUT2D eigenvalue weighted by Crippen LogP contribution is -2.31. The highest BCUT2D eigenvalue weighted by Crippen LogP contribution is 2.26. The molecule has 3 N–H and O–H groups in total. The molecule has 5 heteroatoms. The van der Waals surface area contributed by atoms with E-state index in [1.54, 1.807) is 6.20 Å². The number of nitrogens with two attached hydrogens (primary N) is 1. The molecule has 0 amide bonds. The van der Waals surface area contributed by atoms with E-state index in [4.69, 9.17) is 17.4 Å². The largest absolute Gasteiger partial charge is 0.333 e. The zero-order valence-corrected chi connectivity index (χ0v) is 12.0. The molecule has 0 aliphatic carbocycles. The van der Waals surface area contributed by atoms with Gasteiger partial charge in [-0.25, -0.2) is 10.4 Å². The molecule has 102 valence electrons. The molecule has 2 rings (SSSR count). The highest BCUT2D eigenvalue weighted by atomic mass is 35.5. The van der Waals surface area contributed by atoms with Crippen LogP contribution in [0.3, 0.4) is 0 Å². The third kappa shape index (κ3) is 2.97. The van der Waals surface area contributed by atoms with Crippen LogP contribution in [0.1, 0.15) is 36.3 Å². The first-order chi connectivity index (χ1) is 9.17. The fourth-order valence-corrected chi connectivity index (χ4v) is 2.42. The summed E-state index contributed by atoms with van der Waals surface area (Å²) in [5.74, 6) is 6.65. The maximum absolute atomic E-state index is 6.08. The molecule has 0 saturated carbocycles. The SMILES string of the molecule is CCCn1ccnc1C(NN)c1cc(Cl)ccc1C.